The van der Waals surface area contributed by atoms with E-state index < -0.39 is 0 Å². The van der Waals surface area contributed by atoms with E-state index >= 15 is 0 Å². The van der Waals surface area contributed by atoms with E-state index in [1.165, 1.54) is 0 Å². The highest BCUT2D eigenvalue weighted by Crippen LogP contribution is 1.77. The maximum atomic E-state index is 6.50. The summed E-state index contributed by atoms with van der Waals surface area (Å²) in [7, 11) is 0. The molecule has 2 heteroatoms. The highest BCUT2D eigenvalue weighted by molar-refractivity contribution is 4.43. The predicted octanol–water partition coefficient (Wildman–Crippen LogP) is 0.883. The first kappa shape index (κ1) is 9.67. The fourth-order valence-corrected chi connectivity index (χ4v) is 0. The van der Waals surface area contributed by atoms with Crippen molar-refractivity contribution < 1.29 is 0 Å². The highest BCUT2D eigenvalue weighted by atomic mass is 14.6. The van der Waals surface area contributed by atoms with Crippen molar-refractivity contribution in [3.05, 3.63) is 0 Å². The van der Waals surface area contributed by atoms with Gasteiger partial charge in [0.1, 0.15) is 0 Å². The number of rotatable bonds is 1. The van der Waals surface area contributed by atoms with E-state index in [1.807, 2.05) is 6.92 Å². The molecular formula is C5H12N2. The lowest BCUT2D eigenvalue weighted by Gasteiger charge is -1.91. The smallest absolute Gasteiger partial charge is 0.0462 e. The van der Waals surface area contributed by atoms with Crippen LogP contribution in [0.2, 0.25) is 0 Å². The minimum absolute atomic E-state index is 0.384. The number of nitrogens with two attached hydrogens (primary N) is 1. The van der Waals surface area contributed by atoms with Crippen molar-refractivity contribution in [1.29, 1.82) is 5.26 Å². The molecule has 0 radical (unpaired) electrons. The second-order valence-electron chi connectivity index (χ2n) is 1.39. The fraction of sp³-hybridized carbons (Fsp3) is 0.800. The van der Waals surface area contributed by atoms with Crippen molar-refractivity contribution >= 4 is 0 Å². The molecule has 0 spiro atoms. The summed E-state index contributed by atoms with van der Waals surface area (Å²) in [5.41, 5.74) is 5.29. The largest absolute Gasteiger partial charge is 0.328 e. The van der Waals surface area contributed by atoms with Crippen LogP contribution in [-0.4, -0.2) is 6.04 Å². The molecule has 0 aromatic rings. The monoisotopic (exact) mass is 100 g/mol. The molecule has 1 unspecified atom stereocenters. The Kier molecular flexibility index (Phi) is 12.5. The van der Waals surface area contributed by atoms with E-state index in [1.54, 1.807) is 0 Å². The van der Waals surface area contributed by atoms with Gasteiger partial charge in [-0.1, -0.05) is 6.92 Å². The van der Waals surface area contributed by atoms with E-state index in [9.17, 15) is 0 Å². The molecule has 0 aliphatic rings. The van der Waals surface area contributed by atoms with Gasteiger partial charge < -0.3 is 5.73 Å². The lowest BCUT2D eigenvalue weighted by atomic mass is 10.3. The summed E-state index contributed by atoms with van der Waals surface area (Å²) in [6, 6.07) is 0.384. The Morgan fingerprint density at radius 1 is 1.71 bits per heavy atom. The van der Waals surface area contributed by atoms with Crippen LogP contribution >= 0.6 is 0 Å². The third kappa shape index (κ3) is 30.9. The summed E-state index contributed by atoms with van der Waals surface area (Å²) < 4.78 is 0. The van der Waals surface area contributed by atoms with E-state index in [2.05, 4.69) is 13.5 Å². The van der Waals surface area contributed by atoms with Gasteiger partial charge in [-0.2, -0.15) is 0 Å². The number of nitriles is 1. The van der Waals surface area contributed by atoms with Crippen LogP contribution in [0.25, 0.3) is 0 Å². The predicted molar refractivity (Wildman–Crippen MR) is 30.6 cm³/mol. The first-order valence-electron chi connectivity index (χ1n) is 2.28. The van der Waals surface area contributed by atoms with Crippen LogP contribution in [0.3, 0.4) is 0 Å². The molecule has 2 nitrogen and oxygen atoms in total. The average molecular weight is 100 g/mol. The van der Waals surface area contributed by atoms with E-state index in [4.69, 9.17) is 11.0 Å². The lowest BCUT2D eigenvalue weighted by Crippen LogP contribution is -2.11. The molecule has 0 rings (SSSR count). The number of hydrogen-bond acceptors (Lipinski definition) is 2. The molecular weight excluding hydrogens is 88.1 g/mol. The molecule has 0 amide bonds. The molecule has 0 fully saturated rings. The molecule has 42 valence electrons. The Labute approximate surface area is 44.9 Å². The zero-order valence-electron chi connectivity index (χ0n) is 4.89. The Morgan fingerprint density at radius 3 is 1.86 bits per heavy atom. The van der Waals surface area contributed by atoms with Gasteiger partial charge in [0, 0.05) is 12.6 Å². The minimum atomic E-state index is 0.384. The summed E-state index contributed by atoms with van der Waals surface area (Å²) in [5, 5.41) is 6.50. The maximum Gasteiger partial charge on any atom is 0.0462 e. The van der Waals surface area contributed by atoms with Crippen molar-refractivity contribution in [2.45, 2.75) is 26.3 Å². The lowest BCUT2D eigenvalue weighted by molar-refractivity contribution is 0.715. The second-order valence-corrected chi connectivity index (χ2v) is 1.39. The van der Waals surface area contributed by atoms with Gasteiger partial charge in [0.25, 0.3) is 0 Å². The Bertz CT molecular complexity index is 38.6. The third-order valence-corrected chi connectivity index (χ3v) is 0.644. The molecule has 0 aromatic heterocycles. The topological polar surface area (TPSA) is 49.8 Å². The van der Waals surface area contributed by atoms with Gasteiger partial charge in [-0.05, 0) is 13.3 Å². The molecule has 0 heterocycles. The van der Waals surface area contributed by atoms with Gasteiger partial charge in [-0.25, -0.2) is 5.26 Å². The summed E-state index contributed by atoms with van der Waals surface area (Å²) in [4.78, 5) is 0. The van der Waals surface area contributed by atoms with Crippen LogP contribution in [0.5, 0.6) is 0 Å². The average Bonchev–Trinajstić information content (AvgIpc) is 1.73. The van der Waals surface area contributed by atoms with Crippen molar-refractivity contribution in [3.63, 3.8) is 0 Å². The first-order valence-corrected chi connectivity index (χ1v) is 2.28. The molecule has 0 saturated heterocycles. The van der Waals surface area contributed by atoms with Crippen LogP contribution < -0.4 is 5.73 Å². The molecule has 2 N–H and O–H groups in total. The molecule has 1 atom stereocenters. The Balaban J connectivity index is 0. The van der Waals surface area contributed by atoms with Crippen molar-refractivity contribution in [2.24, 2.45) is 5.73 Å². The first-order chi connectivity index (χ1) is 3.27. The van der Waals surface area contributed by atoms with E-state index in [0.29, 0.717) is 6.04 Å². The number of nitrogens with zero attached hydrogens (tertiary/aromatic N) is 1. The quantitative estimate of drug-likeness (QED) is 0.531. The second kappa shape index (κ2) is 9.07. The maximum absolute atomic E-state index is 6.50. The van der Waals surface area contributed by atoms with Gasteiger partial charge >= 0.3 is 0 Å². The third-order valence-electron chi connectivity index (χ3n) is 0.644. The zero-order valence-corrected chi connectivity index (χ0v) is 4.89. The Morgan fingerprint density at radius 2 is 1.86 bits per heavy atom. The minimum Gasteiger partial charge on any atom is -0.328 e. The van der Waals surface area contributed by atoms with Gasteiger partial charge in [-0.15, -0.1) is 0 Å². The summed E-state index contributed by atoms with van der Waals surface area (Å²) in [5.74, 6) is 0. The molecule has 0 bridgehead atoms. The zero-order chi connectivity index (χ0) is 6.28. The molecule has 0 aliphatic heterocycles. The van der Waals surface area contributed by atoms with Gasteiger partial charge in [0.05, 0.1) is 0 Å². The van der Waals surface area contributed by atoms with Crippen molar-refractivity contribution in [2.75, 3.05) is 0 Å². The molecule has 0 saturated carbocycles. The molecule has 0 aliphatic carbocycles. The van der Waals surface area contributed by atoms with Gasteiger partial charge in [0.15, 0.2) is 0 Å². The van der Waals surface area contributed by atoms with Crippen molar-refractivity contribution in [1.82, 2.24) is 0 Å². The number of hydrogen-bond donors (Lipinski definition) is 1. The van der Waals surface area contributed by atoms with Crippen molar-refractivity contribution in [3.8, 4) is 6.57 Å². The SMILES string of the molecule is C#N.CCC(C)N. The van der Waals surface area contributed by atoms with E-state index in [-0.39, 0.29) is 0 Å². The molecule has 0 aromatic carbocycles. The standard InChI is InChI=1S/C4H11N.CHN/c1-3-4(2)5;1-2/h4H,3,5H2,1-2H3;1H. The summed E-state index contributed by atoms with van der Waals surface area (Å²) in [6.07, 6.45) is 1.08. The van der Waals surface area contributed by atoms with Crippen LogP contribution in [0.1, 0.15) is 20.3 Å². The van der Waals surface area contributed by atoms with Crippen LogP contribution in [0, 0.1) is 11.8 Å². The fourth-order valence-electron chi connectivity index (χ4n) is 0. The van der Waals surface area contributed by atoms with Gasteiger partial charge in [0.2, 0.25) is 0 Å². The van der Waals surface area contributed by atoms with Gasteiger partial charge in [-0.3, -0.25) is 0 Å². The van der Waals surface area contributed by atoms with E-state index in [0.717, 1.165) is 6.42 Å². The van der Waals surface area contributed by atoms with Crippen LogP contribution in [0.15, 0.2) is 0 Å². The summed E-state index contributed by atoms with van der Waals surface area (Å²) >= 11 is 0. The Hall–Kier alpha value is -0.550. The normalized spacial score (nSPS) is 11.0. The molecule has 7 heavy (non-hydrogen) atoms. The van der Waals surface area contributed by atoms with Crippen LogP contribution in [0.4, 0.5) is 0 Å². The van der Waals surface area contributed by atoms with Crippen LogP contribution in [-0.2, 0) is 0 Å². The summed E-state index contributed by atoms with van der Waals surface area (Å²) in [6.45, 7) is 7.57. The highest BCUT2D eigenvalue weighted by Gasteiger charge is 1.79.